The summed E-state index contributed by atoms with van der Waals surface area (Å²) >= 11 is 6.48. The largest absolute Gasteiger partial charge is 0.492 e. The van der Waals surface area contributed by atoms with Gasteiger partial charge in [-0.25, -0.2) is 0 Å². The van der Waals surface area contributed by atoms with Crippen molar-refractivity contribution < 1.29 is 4.74 Å². The highest BCUT2D eigenvalue weighted by molar-refractivity contribution is 6.31. The van der Waals surface area contributed by atoms with Crippen molar-refractivity contribution in [3.05, 3.63) is 45.7 Å². The molecule has 1 aliphatic rings. The van der Waals surface area contributed by atoms with Crippen molar-refractivity contribution in [2.45, 2.75) is 33.4 Å². The Balaban J connectivity index is 2.12. The maximum Gasteiger partial charge on any atom is 0.129 e. The van der Waals surface area contributed by atoms with Crippen LogP contribution in [0.15, 0.2) is 18.3 Å². The summed E-state index contributed by atoms with van der Waals surface area (Å²) in [5, 5.41) is 5.33. The normalized spacial score (nSPS) is 16.8. The fourth-order valence-electron chi connectivity index (χ4n) is 2.91. The van der Waals surface area contributed by atoms with Crippen LogP contribution in [0.1, 0.15) is 35.3 Å². The van der Waals surface area contributed by atoms with Crippen LogP contribution in [0.2, 0.25) is 5.02 Å². The molecule has 1 unspecified atom stereocenters. The number of likely N-dealkylation sites (N-methyl/N-ethyl adjacent to an activating group) is 1. The number of fused-ring (bicyclic) bond motifs is 1. The molecule has 22 heavy (non-hydrogen) atoms. The van der Waals surface area contributed by atoms with Crippen LogP contribution in [-0.2, 0) is 6.54 Å². The molecule has 0 saturated heterocycles. The molecule has 3 rings (SSSR count). The van der Waals surface area contributed by atoms with Crippen molar-refractivity contribution in [3.8, 4) is 5.75 Å². The summed E-state index contributed by atoms with van der Waals surface area (Å²) in [4.78, 5) is 2.27. The minimum atomic E-state index is 0.0870. The van der Waals surface area contributed by atoms with Gasteiger partial charge < -0.3 is 4.74 Å². The monoisotopic (exact) mass is 319 g/mol. The van der Waals surface area contributed by atoms with Crippen LogP contribution in [0.5, 0.6) is 5.75 Å². The summed E-state index contributed by atoms with van der Waals surface area (Å²) in [5.41, 5.74) is 4.41. The zero-order valence-electron chi connectivity index (χ0n) is 13.6. The maximum atomic E-state index is 6.48. The summed E-state index contributed by atoms with van der Waals surface area (Å²) in [6, 6.07) is 4.13. The van der Waals surface area contributed by atoms with Gasteiger partial charge in [-0.05, 0) is 45.5 Å². The van der Waals surface area contributed by atoms with Gasteiger partial charge in [-0.1, -0.05) is 11.6 Å². The Morgan fingerprint density at radius 1 is 1.36 bits per heavy atom. The third-order valence-corrected chi connectivity index (χ3v) is 4.76. The predicted octanol–water partition coefficient (Wildman–Crippen LogP) is 3.59. The Kier molecular flexibility index (Phi) is 4.15. The van der Waals surface area contributed by atoms with Crippen LogP contribution in [0.25, 0.3) is 0 Å². The van der Waals surface area contributed by atoms with Crippen molar-refractivity contribution in [3.63, 3.8) is 0 Å². The maximum absolute atomic E-state index is 6.48. The van der Waals surface area contributed by atoms with E-state index >= 15 is 0 Å². The fourth-order valence-corrected chi connectivity index (χ4v) is 3.15. The molecule has 2 heterocycles. The highest BCUT2D eigenvalue weighted by atomic mass is 35.5. The second kappa shape index (κ2) is 5.94. The van der Waals surface area contributed by atoms with Gasteiger partial charge in [-0.2, -0.15) is 5.10 Å². The molecule has 0 spiro atoms. The van der Waals surface area contributed by atoms with Crippen LogP contribution < -0.4 is 4.74 Å². The van der Waals surface area contributed by atoms with Gasteiger partial charge in [0.1, 0.15) is 12.4 Å². The minimum absolute atomic E-state index is 0.0870. The van der Waals surface area contributed by atoms with Gasteiger partial charge in [0.15, 0.2) is 0 Å². The first kappa shape index (κ1) is 15.4. The zero-order valence-corrected chi connectivity index (χ0v) is 14.3. The number of aromatic nitrogens is 2. The molecule has 118 valence electrons. The van der Waals surface area contributed by atoms with Crippen molar-refractivity contribution in [1.82, 2.24) is 14.7 Å². The number of nitrogens with zero attached hydrogens (tertiary/aromatic N) is 3. The topological polar surface area (TPSA) is 30.3 Å². The van der Waals surface area contributed by atoms with Gasteiger partial charge in [0.2, 0.25) is 0 Å². The molecule has 1 aromatic heterocycles. The Morgan fingerprint density at radius 3 is 2.82 bits per heavy atom. The summed E-state index contributed by atoms with van der Waals surface area (Å²) in [7, 11) is 2.11. The Morgan fingerprint density at radius 2 is 2.14 bits per heavy atom. The molecule has 5 heteroatoms. The molecular formula is C17H22ClN3O. The lowest BCUT2D eigenvalue weighted by Crippen LogP contribution is -2.20. The van der Waals surface area contributed by atoms with E-state index in [1.807, 2.05) is 29.9 Å². The molecule has 1 atom stereocenters. The molecular weight excluding hydrogens is 298 g/mol. The van der Waals surface area contributed by atoms with Crippen LogP contribution in [0.4, 0.5) is 0 Å². The lowest BCUT2D eigenvalue weighted by molar-refractivity contribution is 0.256. The van der Waals surface area contributed by atoms with Crippen molar-refractivity contribution >= 4 is 11.6 Å². The van der Waals surface area contributed by atoms with Crippen LogP contribution in [0, 0.1) is 13.8 Å². The van der Waals surface area contributed by atoms with E-state index in [-0.39, 0.29) is 6.04 Å². The summed E-state index contributed by atoms with van der Waals surface area (Å²) in [6.07, 6.45) is 2.00. The lowest BCUT2D eigenvalue weighted by Gasteiger charge is -2.21. The van der Waals surface area contributed by atoms with Gasteiger partial charge in [0.25, 0.3) is 0 Å². The van der Waals surface area contributed by atoms with E-state index in [4.69, 9.17) is 16.3 Å². The van der Waals surface area contributed by atoms with E-state index in [0.717, 1.165) is 40.7 Å². The molecule has 0 saturated carbocycles. The first-order chi connectivity index (χ1) is 10.5. The van der Waals surface area contributed by atoms with Gasteiger partial charge in [-0.3, -0.25) is 9.58 Å². The number of ether oxygens (including phenoxy) is 1. The van der Waals surface area contributed by atoms with Crippen LogP contribution in [0.3, 0.4) is 0 Å². The van der Waals surface area contributed by atoms with E-state index < -0.39 is 0 Å². The van der Waals surface area contributed by atoms with E-state index in [2.05, 4.69) is 30.9 Å². The minimum Gasteiger partial charge on any atom is -0.492 e. The Bertz CT molecular complexity index is 695. The van der Waals surface area contributed by atoms with E-state index in [9.17, 15) is 0 Å². The third-order valence-electron chi connectivity index (χ3n) is 4.37. The fraction of sp³-hybridized carbons (Fsp3) is 0.471. The standard InChI is InChI=1S/C17H22ClN3O/c1-11-5-6-21(19-11)13(3)14-9-16(18)12(2)15-10-20(4)7-8-22-17(14)15/h5-6,9,13H,7-8,10H2,1-4H3. The molecule has 0 N–H and O–H groups in total. The molecule has 0 bridgehead atoms. The third kappa shape index (κ3) is 2.73. The molecule has 0 fully saturated rings. The quantitative estimate of drug-likeness (QED) is 0.847. The van der Waals surface area contributed by atoms with E-state index in [1.54, 1.807) is 0 Å². The lowest BCUT2D eigenvalue weighted by atomic mass is 9.98. The number of halogens is 1. The second-order valence-corrected chi connectivity index (χ2v) is 6.49. The van der Waals surface area contributed by atoms with Gasteiger partial charge >= 0.3 is 0 Å². The van der Waals surface area contributed by atoms with Crippen LogP contribution >= 0.6 is 11.6 Å². The molecule has 1 aromatic carbocycles. The Hall–Kier alpha value is -1.52. The van der Waals surface area contributed by atoms with Crippen molar-refractivity contribution in [2.75, 3.05) is 20.2 Å². The number of hydrogen-bond donors (Lipinski definition) is 0. The molecule has 1 aliphatic heterocycles. The number of aryl methyl sites for hydroxylation is 1. The molecule has 0 aliphatic carbocycles. The summed E-state index contributed by atoms with van der Waals surface area (Å²) < 4.78 is 8.06. The number of rotatable bonds is 2. The van der Waals surface area contributed by atoms with Gasteiger partial charge in [-0.15, -0.1) is 0 Å². The van der Waals surface area contributed by atoms with Gasteiger partial charge in [0, 0.05) is 35.4 Å². The zero-order chi connectivity index (χ0) is 15.9. The first-order valence-corrected chi connectivity index (χ1v) is 8.00. The smallest absolute Gasteiger partial charge is 0.129 e. The average molecular weight is 320 g/mol. The van der Waals surface area contributed by atoms with Crippen molar-refractivity contribution in [1.29, 1.82) is 0 Å². The Labute approximate surface area is 136 Å². The predicted molar refractivity (Wildman–Crippen MR) is 88.8 cm³/mol. The summed E-state index contributed by atoms with van der Waals surface area (Å²) in [6.45, 7) is 8.67. The molecule has 4 nitrogen and oxygen atoms in total. The number of hydrogen-bond acceptors (Lipinski definition) is 3. The SMILES string of the molecule is Cc1ccn(C(C)c2cc(Cl)c(C)c3c2OCCN(C)C3)n1. The highest BCUT2D eigenvalue weighted by Gasteiger charge is 2.24. The van der Waals surface area contributed by atoms with Crippen LogP contribution in [-0.4, -0.2) is 34.9 Å². The van der Waals surface area contributed by atoms with Crippen molar-refractivity contribution in [2.24, 2.45) is 0 Å². The second-order valence-electron chi connectivity index (χ2n) is 6.08. The first-order valence-electron chi connectivity index (χ1n) is 7.62. The number of benzene rings is 1. The summed E-state index contributed by atoms with van der Waals surface area (Å²) in [5.74, 6) is 0.979. The average Bonchev–Trinajstić information content (AvgIpc) is 2.81. The van der Waals surface area contributed by atoms with E-state index in [1.165, 1.54) is 5.56 Å². The highest BCUT2D eigenvalue weighted by Crippen LogP contribution is 2.38. The molecule has 0 amide bonds. The van der Waals surface area contributed by atoms with Gasteiger partial charge in [0.05, 0.1) is 11.7 Å². The molecule has 2 aromatic rings. The van der Waals surface area contributed by atoms with E-state index in [0.29, 0.717) is 6.61 Å². The molecule has 0 radical (unpaired) electrons.